The summed E-state index contributed by atoms with van der Waals surface area (Å²) in [7, 11) is 0. The van der Waals surface area contributed by atoms with Gasteiger partial charge in [0.25, 0.3) is 0 Å². The number of carbonyl (C=O) groups is 1. The van der Waals surface area contributed by atoms with Crippen molar-refractivity contribution < 1.29 is 19.7 Å². The van der Waals surface area contributed by atoms with E-state index in [2.05, 4.69) is 16.4 Å². The summed E-state index contributed by atoms with van der Waals surface area (Å²) in [5.41, 5.74) is 1.36. The molecule has 0 amide bonds. The molecule has 9 heteroatoms. The molecule has 7 nitrogen and oxygen atoms in total. The van der Waals surface area contributed by atoms with E-state index in [-0.39, 0.29) is 17.7 Å². The molecule has 0 radical (unpaired) electrons. The fourth-order valence-corrected chi connectivity index (χ4v) is 4.53. The van der Waals surface area contributed by atoms with E-state index in [9.17, 15) is 20.3 Å². The Morgan fingerprint density at radius 1 is 1.27 bits per heavy atom. The zero-order valence-electron chi connectivity index (χ0n) is 18.2. The smallest absolute Gasteiger partial charge is 0.337 e. The number of hydrogen-bond acceptors (Lipinski definition) is 7. The average molecular weight is 486 g/mol. The second-order valence-electron chi connectivity index (χ2n) is 8.20. The first-order valence-corrected chi connectivity index (χ1v) is 11.4. The van der Waals surface area contributed by atoms with Crippen molar-refractivity contribution in [2.75, 3.05) is 13.2 Å². The van der Waals surface area contributed by atoms with E-state index < -0.39 is 12.1 Å². The van der Waals surface area contributed by atoms with Crippen molar-refractivity contribution in [3.8, 4) is 22.9 Å². The molecule has 0 aliphatic heterocycles. The van der Waals surface area contributed by atoms with Crippen LogP contribution in [0.25, 0.3) is 11.1 Å². The number of pyridine rings is 1. The largest absolute Gasteiger partial charge is 0.489 e. The molecule has 0 aliphatic rings. The SMILES string of the molecule is CC(C)(Cc1ccc(Cl)s1)NC[C@@H](O)COc1cc(-c2cncc(C(=O)O)c2)ccc1C#N. The maximum absolute atomic E-state index is 11.2. The average Bonchev–Trinajstić information content (AvgIpc) is 3.19. The number of aromatic nitrogens is 1. The normalized spacial score (nSPS) is 12.2. The minimum atomic E-state index is -1.07. The second-order valence-corrected chi connectivity index (χ2v) is 10.0. The molecule has 3 aromatic rings. The zero-order valence-corrected chi connectivity index (χ0v) is 19.8. The Balaban J connectivity index is 1.63. The molecule has 2 heterocycles. The lowest BCUT2D eigenvalue weighted by molar-refractivity contribution is 0.0696. The van der Waals surface area contributed by atoms with Gasteiger partial charge in [-0.05, 0) is 56.2 Å². The summed E-state index contributed by atoms with van der Waals surface area (Å²) in [6.45, 7) is 4.38. The van der Waals surface area contributed by atoms with Crippen LogP contribution in [0.15, 0.2) is 48.8 Å². The first-order valence-electron chi connectivity index (χ1n) is 10.2. The third-order valence-corrected chi connectivity index (χ3v) is 6.14. The summed E-state index contributed by atoms with van der Waals surface area (Å²) in [5, 5.41) is 32.4. The van der Waals surface area contributed by atoms with Crippen LogP contribution in [-0.2, 0) is 6.42 Å². The van der Waals surface area contributed by atoms with Gasteiger partial charge in [0.05, 0.1) is 15.5 Å². The van der Waals surface area contributed by atoms with Crippen LogP contribution in [0.1, 0.15) is 34.6 Å². The number of aliphatic hydroxyl groups excluding tert-OH is 1. The number of aromatic carboxylic acids is 1. The van der Waals surface area contributed by atoms with Gasteiger partial charge in [-0.1, -0.05) is 17.7 Å². The van der Waals surface area contributed by atoms with E-state index in [4.69, 9.17) is 16.3 Å². The van der Waals surface area contributed by atoms with Crippen molar-refractivity contribution in [1.29, 1.82) is 5.26 Å². The number of carboxylic acid groups (broad SMARTS) is 1. The molecular weight excluding hydrogens is 462 g/mol. The maximum atomic E-state index is 11.2. The Bertz CT molecular complexity index is 1170. The number of nitrogens with zero attached hydrogens (tertiary/aromatic N) is 2. The molecule has 0 unspecified atom stereocenters. The van der Waals surface area contributed by atoms with Crippen molar-refractivity contribution in [3.63, 3.8) is 0 Å². The van der Waals surface area contributed by atoms with Crippen LogP contribution in [-0.4, -0.2) is 46.0 Å². The summed E-state index contributed by atoms with van der Waals surface area (Å²) >= 11 is 7.53. The van der Waals surface area contributed by atoms with E-state index in [1.54, 1.807) is 24.4 Å². The molecule has 3 N–H and O–H groups in total. The van der Waals surface area contributed by atoms with Gasteiger partial charge in [-0.15, -0.1) is 11.3 Å². The molecule has 0 spiro atoms. The van der Waals surface area contributed by atoms with E-state index in [0.29, 0.717) is 29.0 Å². The third kappa shape index (κ3) is 7.01. The van der Waals surface area contributed by atoms with Gasteiger partial charge in [0.2, 0.25) is 0 Å². The first-order chi connectivity index (χ1) is 15.7. The number of thiophene rings is 1. The summed E-state index contributed by atoms with van der Waals surface area (Å²) in [5.74, 6) is -0.766. The maximum Gasteiger partial charge on any atom is 0.337 e. The van der Waals surface area contributed by atoms with Crippen molar-refractivity contribution in [2.45, 2.75) is 31.9 Å². The summed E-state index contributed by atoms with van der Waals surface area (Å²) in [6.07, 6.45) is 2.77. The highest BCUT2D eigenvalue weighted by molar-refractivity contribution is 7.16. The summed E-state index contributed by atoms with van der Waals surface area (Å²) in [6, 6.07) is 12.4. The van der Waals surface area contributed by atoms with Gasteiger partial charge in [0.15, 0.2) is 0 Å². The van der Waals surface area contributed by atoms with Crippen LogP contribution in [0.4, 0.5) is 0 Å². The number of rotatable bonds is 10. The number of nitrogens with one attached hydrogen (secondary N) is 1. The number of halogens is 1. The lowest BCUT2D eigenvalue weighted by Crippen LogP contribution is -2.46. The molecular formula is C24H24ClN3O4S. The van der Waals surface area contributed by atoms with E-state index in [1.165, 1.54) is 23.6 Å². The van der Waals surface area contributed by atoms with Gasteiger partial charge in [0.1, 0.15) is 24.5 Å². The predicted molar refractivity (Wildman–Crippen MR) is 128 cm³/mol. The van der Waals surface area contributed by atoms with Crippen molar-refractivity contribution in [2.24, 2.45) is 0 Å². The molecule has 33 heavy (non-hydrogen) atoms. The highest BCUT2D eigenvalue weighted by Crippen LogP contribution is 2.28. The van der Waals surface area contributed by atoms with Gasteiger partial charge >= 0.3 is 5.97 Å². The van der Waals surface area contributed by atoms with Crippen LogP contribution in [0.5, 0.6) is 5.75 Å². The molecule has 0 aliphatic carbocycles. The summed E-state index contributed by atoms with van der Waals surface area (Å²) < 4.78 is 6.50. The quantitative estimate of drug-likeness (QED) is 0.390. The minimum Gasteiger partial charge on any atom is -0.489 e. The fourth-order valence-electron chi connectivity index (χ4n) is 3.21. The fraction of sp³-hybridized carbons (Fsp3) is 0.292. The number of ether oxygens (including phenoxy) is 1. The molecule has 2 aromatic heterocycles. The van der Waals surface area contributed by atoms with Crippen LogP contribution in [0.2, 0.25) is 4.34 Å². The monoisotopic (exact) mass is 485 g/mol. The molecule has 0 saturated heterocycles. The molecule has 1 aromatic carbocycles. The van der Waals surface area contributed by atoms with Gasteiger partial charge < -0.3 is 20.3 Å². The number of carboxylic acids is 1. The highest BCUT2D eigenvalue weighted by atomic mass is 35.5. The predicted octanol–water partition coefficient (Wildman–Crippen LogP) is 4.38. The van der Waals surface area contributed by atoms with Crippen LogP contribution in [0, 0.1) is 11.3 Å². The van der Waals surface area contributed by atoms with Crippen molar-refractivity contribution in [1.82, 2.24) is 10.3 Å². The Labute approximate surface area is 201 Å². The lowest BCUT2D eigenvalue weighted by Gasteiger charge is -2.27. The Kier molecular flexibility index (Phi) is 8.06. The summed E-state index contributed by atoms with van der Waals surface area (Å²) in [4.78, 5) is 16.3. The van der Waals surface area contributed by atoms with Crippen molar-refractivity contribution in [3.05, 3.63) is 69.1 Å². The standard InChI is InChI=1S/C24H24ClN3O4S/c1-24(2,9-20-5-6-22(25)33-20)28-13-19(29)14-32-21-8-15(3-4-16(21)10-26)17-7-18(23(30)31)12-27-11-17/h3-8,11-12,19,28-29H,9,13-14H2,1-2H3,(H,30,31)/t19-/m1/s1. The Hall–Kier alpha value is -2.96. The number of β-amino-alcohol motifs (C(OH)–C–C–N with tert-alkyl or cyclic N) is 1. The first kappa shape index (κ1) is 24.7. The van der Waals surface area contributed by atoms with Gasteiger partial charge in [-0.25, -0.2) is 4.79 Å². The number of aliphatic hydroxyl groups is 1. The number of hydrogen-bond donors (Lipinski definition) is 3. The Morgan fingerprint density at radius 2 is 2.06 bits per heavy atom. The molecule has 1 atom stereocenters. The molecule has 172 valence electrons. The molecule has 3 rings (SSSR count). The lowest BCUT2D eigenvalue weighted by atomic mass is 9.99. The topological polar surface area (TPSA) is 115 Å². The number of benzene rings is 1. The van der Waals surface area contributed by atoms with Crippen LogP contribution in [0.3, 0.4) is 0 Å². The van der Waals surface area contributed by atoms with Gasteiger partial charge in [-0.2, -0.15) is 5.26 Å². The van der Waals surface area contributed by atoms with E-state index in [0.717, 1.165) is 15.6 Å². The van der Waals surface area contributed by atoms with E-state index >= 15 is 0 Å². The molecule has 0 bridgehead atoms. The second kappa shape index (κ2) is 10.8. The molecule has 0 saturated carbocycles. The zero-order chi connectivity index (χ0) is 24.0. The highest BCUT2D eigenvalue weighted by Gasteiger charge is 2.21. The number of nitriles is 1. The molecule has 0 fully saturated rings. The van der Waals surface area contributed by atoms with Crippen LogP contribution >= 0.6 is 22.9 Å². The van der Waals surface area contributed by atoms with Crippen LogP contribution < -0.4 is 10.1 Å². The van der Waals surface area contributed by atoms with Crippen molar-refractivity contribution >= 4 is 28.9 Å². The van der Waals surface area contributed by atoms with E-state index in [1.807, 2.05) is 26.0 Å². The minimum absolute atomic E-state index is 0.0144. The Morgan fingerprint density at radius 3 is 2.73 bits per heavy atom. The van der Waals surface area contributed by atoms with Gasteiger partial charge in [-0.3, -0.25) is 4.98 Å². The van der Waals surface area contributed by atoms with Gasteiger partial charge in [0, 0.05) is 34.9 Å². The third-order valence-electron chi connectivity index (χ3n) is 4.91.